The van der Waals surface area contributed by atoms with E-state index in [2.05, 4.69) is 29.3 Å². The van der Waals surface area contributed by atoms with Crippen molar-refractivity contribution in [1.29, 1.82) is 0 Å². The van der Waals surface area contributed by atoms with Gasteiger partial charge in [-0.3, -0.25) is 4.31 Å². The van der Waals surface area contributed by atoms with E-state index in [0.717, 1.165) is 17.9 Å². The first-order chi connectivity index (χ1) is 8.69. The third-order valence-electron chi connectivity index (χ3n) is 4.88. The highest BCUT2D eigenvalue weighted by atomic mass is 32.2. The van der Waals surface area contributed by atoms with E-state index in [4.69, 9.17) is 0 Å². The number of hydrogen-bond acceptors (Lipinski definition) is 3. The van der Waals surface area contributed by atoms with E-state index in [1.807, 2.05) is 11.9 Å². The number of likely N-dealkylation sites (tertiary alicyclic amines) is 1. The molecule has 0 radical (unpaired) electrons. The van der Waals surface area contributed by atoms with Gasteiger partial charge in [0.15, 0.2) is 0 Å². The van der Waals surface area contributed by atoms with Crippen LogP contribution in [0, 0.1) is 11.8 Å². The van der Waals surface area contributed by atoms with Crippen molar-refractivity contribution in [3.8, 4) is 0 Å². The molecule has 0 aromatic rings. The molecule has 2 aliphatic heterocycles. The Hall–Kier alpha value is 0.270. The zero-order valence-electron chi connectivity index (χ0n) is 12.4. The van der Waals surface area contributed by atoms with Crippen molar-refractivity contribution in [2.45, 2.75) is 52.0 Å². The topological polar surface area (TPSA) is 6.48 Å². The molecule has 0 atom stereocenters. The summed E-state index contributed by atoms with van der Waals surface area (Å²) in [5.74, 6) is 2.04. The highest BCUT2D eigenvalue weighted by Crippen LogP contribution is 2.31. The van der Waals surface area contributed by atoms with Crippen molar-refractivity contribution >= 4 is 11.9 Å². The van der Waals surface area contributed by atoms with Crippen LogP contribution < -0.4 is 0 Å². The maximum atomic E-state index is 2.65. The molecule has 2 fully saturated rings. The van der Waals surface area contributed by atoms with Gasteiger partial charge in [0.1, 0.15) is 0 Å². The van der Waals surface area contributed by atoms with Crippen LogP contribution in [0.4, 0.5) is 0 Å². The Kier molecular flexibility index (Phi) is 5.84. The van der Waals surface area contributed by atoms with Gasteiger partial charge in [-0.2, -0.15) is 0 Å². The predicted molar refractivity (Wildman–Crippen MR) is 81.9 cm³/mol. The van der Waals surface area contributed by atoms with Gasteiger partial charge in [-0.15, -0.1) is 0 Å². The van der Waals surface area contributed by atoms with E-state index >= 15 is 0 Å². The first kappa shape index (κ1) is 14.7. The molecule has 0 aromatic carbocycles. The minimum Gasteiger partial charge on any atom is -0.301 e. The van der Waals surface area contributed by atoms with E-state index < -0.39 is 0 Å². The standard InChI is InChI=1S/C15H30N2S/c1-13(2)16-8-4-14(5-9-16)12-15-6-10-17(18-3)11-7-15/h13-15H,4-12H2,1-3H3. The zero-order valence-corrected chi connectivity index (χ0v) is 13.2. The maximum Gasteiger partial charge on any atom is 0.00918 e. The van der Waals surface area contributed by atoms with Gasteiger partial charge in [0.2, 0.25) is 0 Å². The van der Waals surface area contributed by atoms with Gasteiger partial charge in [0.25, 0.3) is 0 Å². The quantitative estimate of drug-likeness (QED) is 0.722. The van der Waals surface area contributed by atoms with Crippen LogP contribution in [0.25, 0.3) is 0 Å². The summed E-state index contributed by atoms with van der Waals surface area (Å²) in [6.07, 6.45) is 9.48. The van der Waals surface area contributed by atoms with Crippen LogP contribution in [0.15, 0.2) is 0 Å². The molecule has 2 nitrogen and oxygen atoms in total. The van der Waals surface area contributed by atoms with Crippen molar-refractivity contribution in [3.05, 3.63) is 0 Å². The lowest BCUT2D eigenvalue weighted by atomic mass is 9.83. The van der Waals surface area contributed by atoms with Crippen LogP contribution in [-0.2, 0) is 0 Å². The summed E-state index contributed by atoms with van der Waals surface area (Å²) >= 11 is 1.92. The molecule has 0 aliphatic carbocycles. The third kappa shape index (κ3) is 4.14. The second-order valence-corrected chi connectivity index (χ2v) is 7.25. The fourth-order valence-corrected chi connectivity index (χ4v) is 4.08. The summed E-state index contributed by atoms with van der Waals surface area (Å²) in [4.78, 5) is 2.65. The number of hydrogen-bond donors (Lipinski definition) is 0. The first-order valence-corrected chi connectivity index (χ1v) is 8.90. The number of rotatable bonds is 4. The molecular formula is C15H30N2S. The SMILES string of the molecule is CSN1CCC(CC2CCN(C(C)C)CC2)CC1. The van der Waals surface area contributed by atoms with E-state index in [1.54, 1.807) is 0 Å². The van der Waals surface area contributed by atoms with Crippen molar-refractivity contribution in [3.63, 3.8) is 0 Å². The Bertz CT molecular complexity index is 229. The number of nitrogens with zero attached hydrogens (tertiary/aromatic N) is 2. The van der Waals surface area contributed by atoms with E-state index in [-0.39, 0.29) is 0 Å². The molecule has 0 spiro atoms. The van der Waals surface area contributed by atoms with Gasteiger partial charge in [-0.1, -0.05) is 11.9 Å². The average molecular weight is 270 g/mol. The lowest BCUT2D eigenvalue weighted by Crippen LogP contribution is -2.39. The van der Waals surface area contributed by atoms with Gasteiger partial charge < -0.3 is 4.90 Å². The summed E-state index contributed by atoms with van der Waals surface area (Å²) < 4.78 is 2.53. The van der Waals surface area contributed by atoms with Crippen LogP contribution in [-0.4, -0.2) is 47.7 Å². The lowest BCUT2D eigenvalue weighted by molar-refractivity contribution is 0.129. The molecule has 2 rings (SSSR count). The van der Waals surface area contributed by atoms with Crippen molar-refractivity contribution in [1.82, 2.24) is 9.21 Å². The summed E-state index contributed by atoms with van der Waals surface area (Å²) in [7, 11) is 0. The molecule has 2 saturated heterocycles. The molecular weight excluding hydrogens is 240 g/mol. The van der Waals surface area contributed by atoms with Crippen LogP contribution in [0.5, 0.6) is 0 Å². The van der Waals surface area contributed by atoms with Gasteiger partial charge in [0.05, 0.1) is 0 Å². The van der Waals surface area contributed by atoms with Crippen LogP contribution >= 0.6 is 11.9 Å². The highest BCUT2D eigenvalue weighted by molar-refractivity contribution is 7.96. The van der Waals surface area contributed by atoms with Crippen LogP contribution in [0.1, 0.15) is 46.0 Å². The average Bonchev–Trinajstić information content (AvgIpc) is 2.40. The molecule has 2 heterocycles. The van der Waals surface area contributed by atoms with Crippen LogP contribution in [0.2, 0.25) is 0 Å². The fourth-order valence-electron chi connectivity index (χ4n) is 3.50. The lowest BCUT2D eigenvalue weighted by Gasteiger charge is -2.37. The van der Waals surface area contributed by atoms with Crippen molar-refractivity contribution in [2.24, 2.45) is 11.8 Å². The molecule has 0 amide bonds. The maximum absolute atomic E-state index is 2.65. The second kappa shape index (κ2) is 7.16. The monoisotopic (exact) mass is 270 g/mol. The largest absolute Gasteiger partial charge is 0.301 e. The minimum absolute atomic E-state index is 0.746. The van der Waals surface area contributed by atoms with Crippen molar-refractivity contribution in [2.75, 3.05) is 32.4 Å². The van der Waals surface area contributed by atoms with Gasteiger partial charge >= 0.3 is 0 Å². The normalized spacial score (nSPS) is 26.0. The molecule has 0 N–H and O–H groups in total. The molecule has 2 aliphatic rings. The first-order valence-electron chi connectivity index (χ1n) is 7.72. The molecule has 0 bridgehead atoms. The van der Waals surface area contributed by atoms with Gasteiger partial charge in [-0.25, -0.2) is 0 Å². The summed E-state index contributed by atoms with van der Waals surface area (Å²) in [6, 6.07) is 0.746. The molecule has 0 saturated carbocycles. The molecule has 3 heteroatoms. The van der Waals surface area contributed by atoms with Crippen molar-refractivity contribution < 1.29 is 0 Å². The van der Waals surface area contributed by atoms with E-state index in [9.17, 15) is 0 Å². The predicted octanol–water partition coefficient (Wildman–Crippen LogP) is 3.49. The van der Waals surface area contributed by atoms with E-state index in [0.29, 0.717) is 0 Å². The third-order valence-corrected chi connectivity index (χ3v) is 5.76. The Morgan fingerprint density at radius 3 is 1.89 bits per heavy atom. The molecule has 0 aromatic heterocycles. The fraction of sp³-hybridized carbons (Fsp3) is 1.00. The molecule has 106 valence electrons. The number of piperidine rings is 2. The Morgan fingerprint density at radius 1 is 0.944 bits per heavy atom. The summed E-state index contributed by atoms with van der Waals surface area (Å²) in [5, 5.41) is 0. The molecule has 18 heavy (non-hydrogen) atoms. The van der Waals surface area contributed by atoms with Crippen LogP contribution in [0.3, 0.4) is 0 Å². The molecule has 0 unspecified atom stereocenters. The smallest absolute Gasteiger partial charge is 0.00918 e. The summed E-state index contributed by atoms with van der Waals surface area (Å²) in [6.45, 7) is 9.97. The minimum atomic E-state index is 0.746. The van der Waals surface area contributed by atoms with Gasteiger partial charge in [-0.05, 0) is 77.1 Å². The van der Waals surface area contributed by atoms with Gasteiger partial charge in [0, 0.05) is 19.1 Å². The zero-order chi connectivity index (χ0) is 13.0. The highest BCUT2D eigenvalue weighted by Gasteiger charge is 2.25. The Labute approximate surface area is 118 Å². The second-order valence-electron chi connectivity index (χ2n) is 6.36. The summed E-state index contributed by atoms with van der Waals surface area (Å²) in [5.41, 5.74) is 0. The van der Waals surface area contributed by atoms with E-state index in [1.165, 1.54) is 58.3 Å². The Morgan fingerprint density at radius 2 is 1.44 bits per heavy atom. The Balaban J connectivity index is 1.66.